The molecule has 2 aliphatic heterocycles. The fourth-order valence-corrected chi connectivity index (χ4v) is 4.61. The predicted octanol–water partition coefficient (Wildman–Crippen LogP) is 2.22. The molecule has 3 nitrogen and oxygen atoms in total. The van der Waals surface area contributed by atoms with Gasteiger partial charge in [0.25, 0.3) is 0 Å². The van der Waals surface area contributed by atoms with Crippen molar-refractivity contribution < 1.29 is 9.90 Å². The standard InChI is InChI=1S/C14H17NO2S/c16-13(17)14-7-6-12(9-18-10-14)15(14)8-11-4-2-1-3-5-11/h1-5,12H,6-10H2,(H,16,17). The number of aliphatic carboxylic acids is 1. The number of thioether (sulfide) groups is 1. The Labute approximate surface area is 111 Å². The Morgan fingerprint density at radius 3 is 2.94 bits per heavy atom. The number of carboxylic acid groups (broad SMARTS) is 1. The fraction of sp³-hybridized carbons (Fsp3) is 0.500. The van der Waals surface area contributed by atoms with Crippen molar-refractivity contribution in [2.24, 2.45) is 0 Å². The van der Waals surface area contributed by atoms with E-state index in [9.17, 15) is 9.90 Å². The van der Waals surface area contributed by atoms with Gasteiger partial charge in [-0.1, -0.05) is 30.3 Å². The number of nitrogens with zero attached hydrogens (tertiary/aromatic N) is 1. The maximum absolute atomic E-state index is 11.7. The van der Waals surface area contributed by atoms with E-state index in [1.165, 1.54) is 5.56 Å². The Bertz CT molecular complexity index is 446. The third-order valence-corrected chi connectivity index (χ3v) is 5.43. The van der Waals surface area contributed by atoms with E-state index in [4.69, 9.17) is 0 Å². The summed E-state index contributed by atoms with van der Waals surface area (Å²) in [5.74, 6) is 1.15. The lowest BCUT2D eigenvalue weighted by Crippen LogP contribution is -2.57. The van der Waals surface area contributed by atoms with Crippen molar-refractivity contribution in [1.29, 1.82) is 0 Å². The second-order valence-corrected chi connectivity index (χ2v) is 6.19. The molecule has 2 aliphatic rings. The van der Waals surface area contributed by atoms with Crippen LogP contribution in [0, 0.1) is 0 Å². The van der Waals surface area contributed by atoms with E-state index in [-0.39, 0.29) is 0 Å². The van der Waals surface area contributed by atoms with Crippen LogP contribution in [-0.4, -0.2) is 39.1 Å². The average Bonchev–Trinajstić information content (AvgIpc) is 2.60. The van der Waals surface area contributed by atoms with Gasteiger partial charge in [0.2, 0.25) is 0 Å². The van der Waals surface area contributed by atoms with Gasteiger partial charge in [0, 0.05) is 24.1 Å². The number of fused-ring (bicyclic) bond motifs is 2. The minimum absolute atomic E-state index is 0.431. The Balaban J connectivity index is 1.88. The third kappa shape index (κ3) is 1.84. The SMILES string of the molecule is O=C(O)C12CCC(CSC1)N2Cc1ccccc1. The first kappa shape index (κ1) is 12.1. The topological polar surface area (TPSA) is 40.5 Å². The molecule has 0 aromatic heterocycles. The molecule has 0 saturated carbocycles. The molecule has 0 amide bonds. The molecule has 2 fully saturated rings. The van der Waals surface area contributed by atoms with Crippen LogP contribution in [0.1, 0.15) is 18.4 Å². The van der Waals surface area contributed by atoms with E-state index in [1.54, 1.807) is 11.8 Å². The Morgan fingerprint density at radius 1 is 1.44 bits per heavy atom. The molecular formula is C14H17NO2S. The lowest BCUT2D eigenvalue weighted by atomic mass is 9.98. The van der Waals surface area contributed by atoms with Crippen LogP contribution in [0.15, 0.2) is 30.3 Å². The molecule has 4 heteroatoms. The monoisotopic (exact) mass is 263 g/mol. The van der Waals surface area contributed by atoms with E-state index >= 15 is 0 Å². The van der Waals surface area contributed by atoms with Crippen LogP contribution in [0.25, 0.3) is 0 Å². The van der Waals surface area contributed by atoms with Crippen molar-refractivity contribution in [2.45, 2.75) is 31.0 Å². The van der Waals surface area contributed by atoms with Crippen LogP contribution in [0.4, 0.5) is 0 Å². The second kappa shape index (κ2) is 4.59. The molecule has 0 radical (unpaired) electrons. The zero-order chi connectivity index (χ0) is 12.6. The zero-order valence-electron chi connectivity index (χ0n) is 10.2. The Morgan fingerprint density at radius 2 is 2.22 bits per heavy atom. The maximum atomic E-state index is 11.7. The Hall–Kier alpha value is -1.00. The van der Waals surface area contributed by atoms with Gasteiger partial charge in [-0.25, -0.2) is 0 Å². The molecule has 0 spiro atoms. The first-order valence-electron chi connectivity index (χ1n) is 6.34. The third-order valence-electron chi connectivity index (χ3n) is 4.13. The molecule has 3 rings (SSSR count). The maximum Gasteiger partial charge on any atom is 0.325 e. The molecular weight excluding hydrogens is 246 g/mol. The van der Waals surface area contributed by atoms with Crippen molar-refractivity contribution in [3.8, 4) is 0 Å². The minimum Gasteiger partial charge on any atom is -0.480 e. The van der Waals surface area contributed by atoms with Gasteiger partial charge in [0.15, 0.2) is 0 Å². The normalized spacial score (nSPS) is 31.4. The lowest BCUT2D eigenvalue weighted by Gasteiger charge is -2.41. The van der Waals surface area contributed by atoms with E-state index in [0.29, 0.717) is 6.04 Å². The number of rotatable bonds is 3. The highest BCUT2D eigenvalue weighted by Crippen LogP contribution is 2.43. The summed E-state index contributed by atoms with van der Waals surface area (Å²) in [7, 11) is 0. The summed E-state index contributed by atoms with van der Waals surface area (Å²) in [6.07, 6.45) is 1.82. The molecule has 96 valence electrons. The van der Waals surface area contributed by atoms with Crippen LogP contribution in [-0.2, 0) is 11.3 Å². The van der Waals surface area contributed by atoms with Crippen molar-refractivity contribution in [2.75, 3.05) is 11.5 Å². The molecule has 2 heterocycles. The van der Waals surface area contributed by atoms with Crippen LogP contribution in [0.5, 0.6) is 0 Å². The van der Waals surface area contributed by atoms with E-state index < -0.39 is 11.5 Å². The highest BCUT2D eigenvalue weighted by atomic mass is 32.2. The molecule has 1 N–H and O–H groups in total. The van der Waals surface area contributed by atoms with Crippen molar-refractivity contribution >= 4 is 17.7 Å². The van der Waals surface area contributed by atoms with Crippen LogP contribution < -0.4 is 0 Å². The van der Waals surface area contributed by atoms with Crippen molar-refractivity contribution in [3.05, 3.63) is 35.9 Å². The number of hydrogen-bond donors (Lipinski definition) is 1. The average molecular weight is 263 g/mol. The smallest absolute Gasteiger partial charge is 0.325 e. The second-order valence-electron chi connectivity index (χ2n) is 5.16. The van der Waals surface area contributed by atoms with Gasteiger partial charge in [0.05, 0.1) is 0 Å². The quantitative estimate of drug-likeness (QED) is 0.908. The van der Waals surface area contributed by atoms with Gasteiger partial charge < -0.3 is 5.11 Å². The van der Waals surface area contributed by atoms with Gasteiger partial charge in [-0.05, 0) is 18.4 Å². The summed E-state index contributed by atoms with van der Waals surface area (Å²) >= 11 is 1.79. The first-order valence-corrected chi connectivity index (χ1v) is 7.50. The first-order chi connectivity index (χ1) is 8.72. The molecule has 2 bridgehead atoms. The molecule has 1 aromatic carbocycles. The summed E-state index contributed by atoms with van der Waals surface area (Å²) < 4.78 is 0. The van der Waals surface area contributed by atoms with Crippen molar-refractivity contribution in [3.63, 3.8) is 0 Å². The molecule has 18 heavy (non-hydrogen) atoms. The number of benzene rings is 1. The van der Waals surface area contributed by atoms with Gasteiger partial charge in [-0.2, -0.15) is 11.8 Å². The molecule has 1 aromatic rings. The molecule has 0 aliphatic carbocycles. The van der Waals surface area contributed by atoms with Crippen LogP contribution in [0.3, 0.4) is 0 Å². The van der Waals surface area contributed by atoms with E-state index in [1.807, 2.05) is 18.2 Å². The molecule has 2 saturated heterocycles. The largest absolute Gasteiger partial charge is 0.480 e. The lowest BCUT2D eigenvalue weighted by molar-refractivity contribution is -0.149. The molecule has 2 unspecified atom stereocenters. The van der Waals surface area contributed by atoms with E-state index in [0.717, 1.165) is 30.9 Å². The van der Waals surface area contributed by atoms with Crippen LogP contribution in [0.2, 0.25) is 0 Å². The summed E-state index contributed by atoms with van der Waals surface area (Å²) in [5, 5.41) is 9.61. The summed E-state index contributed by atoms with van der Waals surface area (Å²) in [6.45, 7) is 0.762. The van der Waals surface area contributed by atoms with E-state index in [2.05, 4.69) is 17.0 Å². The van der Waals surface area contributed by atoms with Crippen LogP contribution >= 0.6 is 11.8 Å². The highest BCUT2D eigenvalue weighted by Gasteiger charge is 2.54. The summed E-state index contributed by atoms with van der Waals surface area (Å²) in [4.78, 5) is 13.9. The number of carboxylic acids is 1. The van der Waals surface area contributed by atoms with Gasteiger partial charge in [-0.15, -0.1) is 0 Å². The number of hydrogen-bond acceptors (Lipinski definition) is 3. The zero-order valence-corrected chi connectivity index (χ0v) is 11.0. The fourth-order valence-electron chi connectivity index (χ4n) is 3.10. The van der Waals surface area contributed by atoms with Crippen molar-refractivity contribution in [1.82, 2.24) is 4.90 Å². The Kier molecular flexibility index (Phi) is 3.08. The minimum atomic E-state index is -0.645. The summed E-state index contributed by atoms with van der Waals surface area (Å²) in [6, 6.07) is 10.6. The predicted molar refractivity (Wildman–Crippen MR) is 72.7 cm³/mol. The highest BCUT2D eigenvalue weighted by molar-refractivity contribution is 7.99. The number of carbonyl (C=O) groups is 1. The molecule has 2 atom stereocenters. The van der Waals surface area contributed by atoms with Gasteiger partial charge in [0.1, 0.15) is 5.54 Å². The van der Waals surface area contributed by atoms with Gasteiger partial charge >= 0.3 is 5.97 Å². The summed E-state index contributed by atoms with van der Waals surface area (Å²) in [5.41, 5.74) is 0.589. The van der Waals surface area contributed by atoms with Gasteiger partial charge in [-0.3, -0.25) is 9.69 Å².